The average Bonchev–Trinajstić information content (AvgIpc) is 3.27. The van der Waals surface area contributed by atoms with Crippen molar-refractivity contribution < 1.29 is 23.1 Å². The van der Waals surface area contributed by atoms with Crippen LogP contribution in [-0.4, -0.2) is 56.8 Å². The van der Waals surface area contributed by atoms with Crippen molar-refractivity contribution >= 4 is 16.8 Å². The number of pyridine rings is 1. The van der Waals surface area contributed by atoms with E-state index in [1.54, 1.807) is 12.1 Å². The highest BCUT2D eigenvalue weighted by atomic mass is 19.4. The highest BCUT2D eigenvalue weighted by Crippen LogP contribution is 2.49. The van der Waals surface area contributed by atoms with Gasteiger partial charge in [0.2, 0.25) is 0 Å². The van der Waals surface area contributed by atoms with Crippen LogP contribution >= 0.6 is 0 Å². The second-order valence-electron chi connectivity index (χ2n) is 8.99. The van der Waals surface area contributed by atoms with Crippen LogP contribution in [-0.2, 0) is 6.54 Å². The lowest BCUT2D eigenvalue weighted by atomic mass is 10.1. The van der Waals surface area contributed by atoms with Crippen LogP contribution in [0.2, 0.25) is 0 Å². The van der Waals surface area contributed by atoms with E-state index in [-0.39, 0.29) is 31.2 Å². The third kappa shape index (κ3) is 4.22. The van der Waals surface area contributed by atoms with Crippen LogP contribution in [0.3, 0.4) is 0 Å². The largest absolute Gasteiger partial charge is 0.411 e. The van der Waals surface area contributed by atoms with Crippen molar-refractivity contribution in [1.29, 1.82) is 0 Å². The van der Waals surface area contributed by atoms with Gasteiger partial charge in [0.05, 0.1) is 12.3 Å². The smallest absolute Gasteiger partial charge is 0.395 e. The van der Waals surface area contributed by atoms with E-state index < -0.39 is 17.6 Å². The number of benzene rings is 1. The summed E-state index contributed by atoms with van der Waals surface area (Å²) < 4.78 is 39.5. The second-order valence-corrected chi connectivity index (χ2v) is 8.99. The summed E-state index contributed by atoms with van der Waals surface area (Å²) in [5.74, 6) is -0.819. The molecule has 33 heavy (non-hydrogen) atoms. The van der Waals surface area contributed by atoms with Crippen molar-refractivity contribution in [2.24, 2.45) is 0 Å². The maximum absolute atomic E-state index is 13.2. The predicted molar refractivity (Wildman–Crippen MR) is 118 cm³/mol. The number of nitrogens with zero attached hydrogens (tertiary/aromatic N) is 2. The van der Waals surface area contributed by atoms with E-state index in [0.29, 0.717) is 5.69 Å². The van der Waals surface area contributed by atoms with Crippen LogP contribution in [0.4, 0.5) is 13.2 Å². The summed E-state index contributed by atoms with van der Waals surface area (Å²) in [7, 11) is 0. The topological polar surface area (TPSA) is 81.2 Å². The van der Waals surface area contributed by atoms with Crippen molar-refractivity contribution in [2.75, 3.05) is 13.2 Å². The molecule has 0 radical (unpaired) electrons. The number of aliphatic hydroxyl groups excluding tert-OH is 1. The van der Waals surface area contributed by atoms with Gasteiger partial charge in [-0.2, -0.15) is 13.2 Å². The molecule has 3 heterocycles. The number of alkyl halides is 3. The Balaban J connectivity index is 1.35. The fraction of sp³-hybridized carbons (Fsp3) is 0.417. The van der Waals surface area contributed by atoms with Gasteiger partial charge < -0.3 is 15.4 Å². The minimum atomic E-state index is -4.47. The van der Waals surface area contributed by atoms with Crippen molar-refractivity contribution in [2.45, 2.75) is 50.0 Å². The number of carbonyl (C=O) groups excluding carboxylic acids is 1. The van der Waals surface area contributed by atoms with Crippen molar-refractivity contribution in [3.05, 3.63) is 53.9 Å². The van der Waals surface area contributed by atoms with Crippen LogP contribution in [0, 0.1) is 0 Å². The fourth-order valence-corrected chi connectivity index (χ4v) is 4.57. The Morgan fingerprint density at radius 3 is 2.79 bits per heavy atom. The lowest BCUT2D eigenvalue weighted by Gasteiger charge is -2.21. The molecule has 1 saturated carbocycles. The number of hydrogen-bond acceptors (Lipinski definition) is 4. The molecule has 6 nitrogen and oxygen atoms in total. The maximum atomic E-state index is 13.2. The van der Waals surface area contributed by atoms with Gasteiger partial charge in [0.1, 0.15) is 11.2 Å². The Morgan fingerprint density at radius 1 is 1.24 bits per heavy atom. The van der Waals surface area contributed by atoms with Gasteiger partial charge in [0.25, 0.3) is 5.91 Å². The van der Waals surface area contributed by atoms with Gasteiger partial charge in [0, 0.05) is 34.7 Å². The summed E-state index contributed by atoms with van der Waals surface area (Å²) in [6.07, 6.45) is -2.60. The monoisotopic (exact) mass is 458 g/mol. The Hall–Kier alpha value is -2.91. The molecule has 0 unspecified atom stereocenters. The molecule has 1 atom stereocenters. The molecule has 3 N–H and O–H groups in total. The second kappa shape index (κ2) is 8.14. The van der Waals surface area contributed by atoms with Crippen LogP contribution in [0.25, 0.3) is 22.2 Å². The molecule has 3 aromatic rings. The van der Waals surface area contributed by atoms with Gasteiger partial charge >= 0.3 is 6.18 Å². The molecule has 0 spiro atoms. The number of hydrogen-bond donors (Lipinski definition) is 3. The molecule has 0 bridgehead atoms. The first-order valence-electron chi connectivity index (χ1n) is 11.1. The first-order chi connectivity index (χ1) is 15.8. The third-order valence-corrected chi connectivity index (χ3v) is 6.68. The molecule has 5 rings (SSSR count). The quantitative estimate of drug-likeness (QED) is 0.521. The molecule has 9 heteroatoms. The molecule has 1 aromatic carbocycles. The van der Waals surface area contributed by atoms with Gasteiger partial charge in [-0.25, -0.2) is 4.98 Å². The third-order valence-electron chi connectivity index (χ3n) is 6.68. The SMILES string of the molecule is O=C(NC1(C(F)(F)F)CC1)c1cccc(-c2ccc3[nH]c(CN4CCC[C@@H]4CO)cc3c2)n1. The normalized spacial score (nSPS) is 20.3. The summed E-state index contributed by atoms with van der Waals surface area (Å²) in [6.45, 7) is 1.84. The van der Waals surface area contributed by atoms with E-state index in [2.05, 4.69) is 26.3 Å². The lowest BCUT2D eigenvalue weighted by Crippen LogP contribution is -2.48. The first kappa shape index (κ1) is 21.9. The van der Waals surface area contributed by atoms with Crippen LogP contribution in [0.1, 0.15) is 41.9 Å². The highest BCUT2D eigenvalue weighted by molar-refractivity contribution is 5.94. The molecule has 174 valence electrons. The van der Waals surface area contributed by atoms with E-state index in [4.69, 9.17) is 0 Å². The summed E-state index contributed by atoms with van der Waals surface area (Å²) in [4.78, 5) is 22.5. The van der Waals surface area contributed by atoms with Crippen molar-refractivity contribution in [3.8, 4) is 11.3 Å². The van der Waals surface area contributed by atoms with Crippen molar-refractivity contribution in [3.63, 3.8) is 0 Å². The molecular weight excluding hydrogens is 433 g/mol. The summed E-state index contributed by atoms with van der Waals surface area (Å²) in [6, 6.07) is 12.8. The standard InChI is InChI=1S/C24H25F3N4O2/c25-24(26,27)23(8-9-23)30-22(33)21-5-1-4-19(29-21)15-6-7-20-16(11-15)12-17(28-20)13-31-10-2-3-18(31)14-32/h1,4-7,11-12,18,28,32H,2-3,8-10,13-14H2,(H,30,33)/t18-/m1/s1. The number of halogens is 3. The predicted octanol–water partition coefficient (Wildman–Crippen LogP) is 4.01. The molecule has 1 aliphatic carbocycles. The summed E-state index contributed by atoms with van der Waals surface area (Å²) >= 11 is 0. The first-order valence-corrected chi connectivity index (χ1v) is 11.1. The molecule has 1 amide bonds. The molecule has 1 saturated heterocycles. The minimum Gasteiger partial charge on any atom is -0.395 e. The molecule has 2 aromatic heterocycles. The van der Waals surface area contributed by atoms with Gasteiger partial charge in [0.15, 0.2) is 0 Å². The van der Waals surface area contributed by atoms with E-state index in [1.165, 1.54) is 6.07 Å². The zero-order chi connectivity index (χ0) is 23.2. The lowest BCUT2D eigenvalue weighted by molar-refractivity contribution is -0.163. The van der Waals surface area contributed by atoms with Gasteiger partial charge in [-0.05, 0) is 62.6 Å². The number of likely N-dealkylation sites (tertiary alicyclic amines) is 1. The number of aromatic amines is 1. The summed E-state index contributed by atoms with van der Waals surface area (Å²) in [5, 5.41) is 12.6. The number of aromatic nitrogens is 2. The van der Waals surface area contributed by atoms with E-state index in [1.807, 2.05) is 18.2 Å². The Morgan fingerprint density at radius 2 is 2.06 bits per heavy atom. The maximum Gasteiger partial charge on any atom is 0.411 e. The Kier molecular flexibility index (Phi) is 5.41. The van der Waals surface area contributed by atoms with Gasteiger partial charge in [-0.1, -0.05) is 12.1 Å². The van der Waals surface area contributed by atoms with E-state index >= 15 is 0 Å². The fourth-order valence-electron chi connectivity index (χ4n) is 4.57. The number of amides is 1. The zero-order valence-corrected chi connectivity index (χ0v) is 18.0. The molecular formula is C24H25F3N4O2. The number of carbonyl (C=O) groups is 1. The van der Waals surface area contributed by atoms with E-state index in [9.17, 15) is 23.1 Å². The van der Waals surface area contributed by atoms with Crippen LogP contribution in [0.15, 0.2) is 42.5 Å². The minimum absolute atomic E-state index is 0.0399. The average molecular weight is 458 g/mol. The number of aliphatic hydroxyl groups is 1. The zero-order valence-electron chi connectivity index (χ0n) is 18.0. The van der Waals surface area contributed by atoms with Gasteiger partial charge in [-0.15, -0.1) is 0 Å². The van der Waals surface area contributed by atoms with Crippen LogP contribution < -0.4 is 5.32 Å². The molecule has 2 aliphatic rings. The Labute approximate surface area is 188 Å². The van der Waals surface area contributed by atoms with Gasteiger partial charge in [-0.3, -0.25) is 9.69 Å². The van der Waals surface area contributed by atoms with E-state index in [0.717, 1.165) is 48.1 Å². The number of fused-ring (bicyclic) bond motifs is 1. The number of H-pyrrole nitrogens is 1. The van der Waals surface area contributed by atoms with Crippen LogP contribution in [0.5, 0.6) is 0 Å². The number of rotatable bonds is 6. The molecule has 2 fully saturated rings. The highest BCUT2D eigenvalue weighted by Gasteiger charge is 2.64. The molecule has 1 aliphatic heterocycles. The Bertz CT molecular complexity index is 1190. The summed E-state index contributed by atoms with van der Waals surface area (Å²) in [5.41, 5.74) is 1.14. The number of nitrogens with one attached hydrogen (secondary N) is 2. The van der Waals surface area contributed by atoms with Crippen molar-refractivity contribution in [1.82, 2.24) is 20.2 Å².